The van der Waals surface area contributed by atoms with Crippen LogP contribution in [0.4, 0.5) is 4.39 Å². The number of halogens is 1. The highest BCUT2D eigenvalue weighted by Crippen LogP contribution is 2.34. The minimum absolute atomic E-state index is 0.0180. The Balaban J connectivity index is 1.56. The van der Waals surface area contributed by atoms with E-state index >= 15 is 0 Å². The molecule has 1 amide bonds. The molecule has 0 saturated carbocycles. The van der Waals surface area contributed by atoms with Crippen LogP contribution in [0.1, 0.15) is 45.1 Å². The molecular formula is C21H28FN3O3. The summed E-state index contributed by atoms with van der Waals surface area (Å²) in [7, 11) is 0. The minimum atomic E-state index is -0.510. The van der Waals surface area contributed by atoms with Gasteiger partial charge in [0, 0.05) is 31.5 Å². The second-order valence-electron chi connectivity index (χ2n) is 8.64. The molecule has 0 unspecified atom stereocenters. The number of aromatic nitrogens is 2. The van der Waals surface area contributed by atoms with E-state index in [1.165, 1.54) is 6.07 Å². The molecule has 1 N–H and O–H groups in total. The summed E-state index contributed by atoms with van der Waals surface area (Å²) < 4.78 is 18.9. The number of nitrogens with zero attached hydrogens (tertiary/aromatic N) is 3. The van der Waals surface area contributed by atoms with Crippen molar-refractivity contribution in [3.05, 3.63) is 35.5 Å². The molecule has 1 fully saturated rings. The zero-order valence-electron chi connectivity index (χ0n) is 16.9. The van der Waals surface area contributed by atoms with E-state index in [0.29, 0.717) is 42.4 Å². The minimum Gasteiger partial charge on any atom is -0.391 e. The number of hydrogen-bond donors (Lipinski definition) is 1. The quantitative estimate of drug-likeness (QED) is 0.867. The summed E-state index contributed by atoms with van der Waals surface area (Å²) >= 11 is 0. The van der Waals surface area contributed by atoms with Crippen molar-refractivity contribution in [1.82, 2.24) is 15.0 Å². The van der Waals surface area contributed by atoms with Gasteiger partial charge in [0.25, 0.3) is 0 Å². The van der Waals surface area contributed by atoms with Crippen LogP contribution in [0, 0.1) is 24.1 Å². The monoisotopic (exact) mass is 389 g/mol. The average molecular weight is 389 g/mol. The summed E-state index contributed by atoms with van der Waals surface area (Å²) in [5.41, 5.74) is 1.11. The molecule has 2 aromatic rings. The predicted molar refractivity (Wildman–Crippen MR) is 103 cm³/mol. The molecule has 0 spiro atoms. The molecule has 1 aromatic carbocycles. The largest absolute Gasteiger partial charge is 0.391 e. The van der Waals surface area contributed by atoms with Gasteiger partial charge in [-0.05, 0) is 36.3 Å². The number of carbonyl (C=O) groups excluding carboxylic acids is 1. The highest BCUT2D eigenvalue weighted by molar-refractivity contribution is 5.76. The van der Waals surface area contributed by atoms with Crippen LogP contribution in [0.25, 0.3) is 11.4 Å². The van der Waals surface area contributed by atoms with Crippen molar-refractivity contribution >= 4 is 5.91 Å². The van der Waals surface area contributed by atoms with E-state index in [1.54, 1.807) is 24.0 Å². The molecule has 2 atom stereocenters. The lowest BCUT2D eigenvalue weighted by Crippen LogP contribution is -2.50. The maximum atomic E-state index is 13.7. The predicted octanol–water partition coefficient (Wildman–Crippen LogP) is 3.37. The Bertz CT molecular complexity index is 844. The molecule has 1 aliphatic heterocycles. The molecule has 0 aliphatic carbocycles. The molecule has 1 aromatic heterocycles. The Kier molecular flexibility index (Phi) is 5.84. The Morgan fingerprint density at radius 3 is 2.79 bits per heavy atom. The van der Waals surface area contributed by atoms with Gasteiger partial charge in [0.1, 0.15) is 5.82 Å². The van der Waals surface area contributed by atoms with E-state index < -0.39 is 6.10 Å². The standard InChI is InChI=1S/C21H28FN3O3/c1-13-5-6-14(11-16(13)22)20-23-18(28-24-20)7-8-19(27)25-10-9-15(17(26)12-25)21(2,3)4/h5-6,11,15,17,26H,7-10,12H2,1-4H3/t15-,17+/m0/s1. The first kappa shape index (κ1) is 20.5. The molecule has 3 rings (SSSR count). The third kappa shape index (κ3) is 4.58. The van der Waals surface area contributed by atoms with Gasteiger partial charge in [-0.3, -0.25) is 4.79 Å². The normalized spacial score (nSPS) is 20.4. The molecule has 6 nitrogen and oxygen atoms in total. The molecule has 0 bridgehead atoms. The van der Waals surface area contributed by atoms with Gasteiger partial charge in [-0.25, -0.2) is 4.39 Å². The fourth-order valence-corrected chi connectivity index (χ4v) is 3.75. The van der Waals surface area contributed by atoms with Gasteiger partial charge in [0.2, 0.25) is 17.6 Å². The van der Waals surface area contributed by atoms with Crippen LogP contribution in [0.2, 0.25) is 0 Å². The second-order valence-corrected chi connectivity index (χ2v) is 8.64. The van der Waals surface area contributed by atoms with Crippen molar-refractivity contribution in [2.75, 3.05) is 13.1 Å². The zero-order valence-corrected chi connectivity index (χ0v) is 16.9. The number of benzene rings is 1. The van der Waals surface area contributed by atoms with E-state index in [4.69, 9.17) is 4.52 Å². The molecule has 7 heteroatoms. The molecule has 28 heavy (non-hydrogen) atoms. The molecule has 1 aliphatic rings. The number of carbonyl (C=O) groups is 1. The number of aliphatic hydroxyl groups excluding tert-OH is 1. The fourth-order valence-electron chi connectivity index (χ4n) is 3.75. The summed E-state index contributed by atoms with van der Waals surface area (Å²) in [6.45, 7) is 9.05. The number of piperidine rings is 1. The van der Waals surface area contributed by atoms with Gasteiger partial charge in [0.15, 0.2) is 0 Å². The number of hydrogen-bond acceptors (Lipinski definition) is 5. The number of aliphatic hydroxyl groups is 1. The summed E-state index contributed by atoms with van der Waals surface area (Å²) in [6.07, 6.45) is 0.830. The SMILES string of the molecule is Cc1ccc(-c2noc(CCC(=O)N3CC[C@H](C(C)(C)C)[C@H](O)C3)n2)cc1F. The van der Waals surface area contributed by atoms with E-state index in [1.807, 2.05) is 0 Å². The van der Waals surface area contributed by atoms with E-state index in [9.17, 15) is 14.3 Å². The highest BCUT2D eigenvalue weighted by Gasteiger charge is 2.36. The lowest BCUT2D eigenvalue weighted by molar-refractivity contribution is -0.137. The van der Waals surface area contributed by atoms with Crippen molar-refractivity contribution in [3.63, 3.8) is 0 Å². The Morgan fingerprint density at radius 1 is 1.39 bits per heavy atom. The number of β-amino-alcohol motifs (C(OH)–C–C–N with tert-alkyl or cyclic N) is 1. The lowest BCUT2D eigenvalue weighted by Gasteiger charge is -2.42. The summed E-state index contributed by atoms with van der Waals surface area (Å²) in [5.74, 6) is 0.478. The van der Waals surface area contributed by atoms with Crippen LogP contribution in [0.3, 0.4) is 0 Å². The molecule has 1 saturated heterocycles. The Labute approximate surface area is 164 Å². The summed E-state index contributed by atoms with van der Waals surface area (Å²) in [6, 6.07) is 4.77. The Morgan fingerprint density at radius 2 is 2.14 bits per heavy atom. The maximum Gasteiger partial charge on any atom is 0.227 e. The van der Waals surface area contributed by atoms with E-state index in [2.05, 4.69) is 30.9 Å². The number of aryl methyl sites for hydroxylation is 2. The summed E-state index contributed by atoms with van der Waals surface area (Å²) in [5, 5.41) is 14.3. The van der Waals surface area contributed by atoms with Gasteiger partial charge in [-0.1, -0.05) is 38.1 Å². The first-order valence-corrected chi connectivity index (χ1v) is 9.70. The number of likely N-dealkylation sites (tertiary alicyclic amines) is 1. The van der Waals surface area contributed by atoms with E-state index in [0.717, 1.165) is 6.42 Å². The molecule has 0 radical (unpaired) electrons. The van der Waals surface area contributed by atoms with Crippen LogP contribution < -0.4 is 0 Å². The van der Waals surface area contributed by atoms with Crippen molar-refractivity contribution in [2.45, 2.75) is 53.1 Å². The third-order valence-electron chi connectivity index (χ3n) is 5.50. The summed E-state index contributed by atoms with van der Waals surface area (Å²) in [4.78, 5) is 18.5. The maximum absolute atomic E-state index is 13.7. The van der Waals surface area contributed by atoms with E-state index in [-0.39, 0.29) is 29.5 Å². The topological polar surface area (TPSA) is 79.5 Å². The van der Waals surface area contributed by atoms with Crippen LogP contribution in [0.5, 0.6) is 0 Å². The van der Waals surface area contributed by atoms with Crippen LogP contribution >= 0.6 is 0 Å². The molecular weight excluding hydrogens is 361 g/mol. The van der Waals surface area contributed by atoms with Gasteiger partial charge in [-0.15, -0.1) is 0 Å². The fraction of sp³-hybridized carbons (Fsp3) is 0.571. The smallest absolute Gasteiger partial charge is 0.227 e. The average Bonchev–Trinajstić information content (AvgIpc) is 3.10. The van der Waals surface area contributed by atoms with Crippen molar-refractivity contribution < 1.29 is 18.8 Å². The Hall–Kier alpha value is -2.28. The zero-order chi connectivity index (χ0) is 20.5. The second kappa shape index (κ2) is 7.99. The number of rotatable bonds is 4. The van der Waals surface area contributed by atoms with Crippen molar-refractivity contribution in [3.8, 4) is 11.4 Å². The van der Waals surface area contributed by atoms with Crippen LogP contribution in [-0.4, -0.2) is 45.2 Å². The first-order chi connectivity index (χ1) is 13.1. The van der Waals surface area contributed by atoms with Crippen LogP contribution in [-0.2, 0) is 11.2 Å². The van der Waals surface area contributed by atoms with Gasteiger partial charge < -0.3 is 14.5 Å². The lowest BCUT2D eigenvalue weighted by atomic mass is 9.73. The van der Waals surface area contributed by atoms with Crippen molar-refractivity contribution in [2.24, 2.45) is 11.3 Å². The first-order valence-electron chi connectivity index (χ1n) is 9.70. The van der Waals surface area contributed by atoms with Gasteiger partial charge >= 0.3 is 0 Å². The van der Waals surface area contributed by atoms with Crippen molar-refractivity contribution in [1.29, 1.82) is 0 Å². The van der Waals surface area contributed by atoms with Gasteiger partial charge in [-0.2, -0.15) is 4.98 Å². The third-order valence-corrected chi connectivity index (χ3v) is 5.50. The molecule has 2 heterocycles. The van der Waals surface area contributed by atoms with Crippen LogP contribution in [0.15, 0.2) is 22.7 Å². The van der Waals surface area contributed by atoms with Gasteiger partial charge in [0.05, 0.1) is 6.10 Å². The molecule has 152 valence electrons. The highest BCUT2D eigenvalue weighted by atomic mass is 19.1. The number of amides is 1.